The summed E-state index contributed by atoms with van der Waals surface area (Å²) in [6, 6.07) is 6.80. The third-order valence-corrected chi connectivity index (χ3v) is 6.52. The number of ether oxygens (including phenoxy) is 1. The lowest BCUT2D eigenvalue weighted by Gasteiger charge is -2.40. The first-order chi connectivity index (χ1) is 15.2. The molecule has 10 heteroatoms. The Morgan fingerprint density at radius 1 is 0.706 bits per heavy atom. The van der Waals surface area contributed by atoms with E-state index in [0.717, 1.165) is 22.3 Å². The van der Waals surface area contributed by atoms with Gasteiger partial charge in [0.05, 0.1) is 5.56 Å². The summed E-state index contributed by atoms with van der Waals surface area (Å²) in [5.41, 5.74) is 4.21. The van der Waals surface area contributed by atoms with Crippen LogP contribution in [0.3, 0.4) is 0 Å². The molecule has 0 saturated heterocycles. The van der Waals surface area contributed by atoms with Crippen LogP contribution in [0.15, 0.2) is 47.4 Å². The molecule has 0 heterocycles. The summed E-state index contributed by atoms with van der Waals surface area (Å²) in [6.07, 6.45) is -4.08. The molecule has 0 aliphatic rings. The molecule has 0 spiro atoms. The second kappa shape index (κ2) is 7.37. The lowest BCUT2D eigenvalue weighted by molar-refractivity contribution is -0.186. The van der Waals surface area contributed by atoms with Gasteiger partial charge in [0, 0.05) is 6.07 Å². The average molecular weight is 510 g/mol. The lowest BCUT2D eigenvalue weighted by atomic mass is 9.89. The van der Waals surface area contributed by atoms with E-state index in [1.54, 1.807) is 0 Å². The SMILES string of the molecule is Cc1cc(C)c(-c2cc(C)c(C(F)(F)Oc3ccc(S(F)(F)(F)(F)F)c(F)c3)c(C)c2)c(C)c1. The molecule has 0 atom stereocenters. The molecule has 0 bridgehead atoms. The van der Waals surface area contributed by atoms with E-state index in [4.69, 9.17) is 0 Å². The summed E-state index contributed by atoms with van der Waals surface area (Å²) in [5.74, 6) is -3.43. The van der Waals surface area contributed by atoms with Crippen molar-refractivity contribution in [1.29, 1.82) is 0 Å². The molecule has 3 rings (SSSR count). The van der Waals surface area contributed by atoms with Crippen LogP contribution in [-0.2, 0) is 6.11 Å². The van der Waals surface area contributed by atoms with Gasteiger partial charge in [-0.25, -0.2) is 4.39 Å². The van der Waals surface area contributed by atoms with Crippen molar-refractivity contribution in [2.24, 2.45) is 0 Å². The van der Waals surface area contributed by atoms with Gasteiger partial charge in [-0.2, -0.15) is 8.78 Å². The second-order valence-corrected chi connectivity index (χ2v) is 10.8. The first kappa shape index (κ1) is 25.9. The van der Waals surface area contributed by atoms with Crippen LogP contribution < -0.4 is 4.74 Å². The Balaban J connectivity index is 2.02. The highest BCUT2D eigenvalue weighted by Crippen LogP contribution is 3.02. The van der Waals surface area contributed by atoms with E-state index in [1.807, 2.05) is 32.9 Å². The van der Waals surface area contributed by atoms with E-state index in [9.17, 15) is 23.8 Å². The minimum atomic E-state index is -10.3. The summed E-state index contributed by atoms with van der Waals surface area (Å²) in [4.78, 5) is -2.80. The van der Waals surface area contributed by atoms with Crippen molar-refractivity contribution >= 4 is 10.2 Å². The van der Waals surface area contributed by atoms with Gasteiger partial charge in [-0.15, -0.1) is 0 Å². The molecule has 0 N–H and O–H groups in total. The van der Waals surface area contributed by atoms with Crippen LogP contribution in [0, 0.1) is 40.4 Å². The van der Waals surface area contributed by atoms with Gasteiger partial charge in [0.2, 0.25) is 0 Å². The number of aryl methyl sites for hydroxylation is 5. The Kier molecular flexibility index (Phi) is 5.61. The van der Waals surface area contributed by atoms with Gasteiger partial charge < -0.3 is 4.74 Å². The zero-order valence-corrected chi connectivity index (χ0v) is 19.7. The Bertz CT molecular complexity index is 1250. The molecule has 186 valence electrons. The van der Waals surface area contributed by atoms with E-state index < -0.39 is 38.4 Å². The maximum atomic E-state index is 15.0. The topological polar surface area (TPSA) is 9.23 Å². The van der Waals surface area contributed by atoms with E-state index in [1.165, 1.54) is 26.0 Å². The van der Waals surface area contributed by atoms with Crippen molar-refractivity contribution < 1.29 is 37.3 Å². The summed E-state index contributed by atoms with van der Waals surface area (Å²) in [7, 11) is -10.3. The van der Waals surface area contributed by atoms with Crippen molar-refractivity contribution in [3.05, 3.63) is 81.7 Å². The van der Waals surface area contributed by atoms with E-state index in [0.29, 0.717) is 5.56 Å². The van der Waals surface area contributed by atoms with Gasteiger partial charge in [0.25, 0.3) is 0 Å². The van der Waals surface area contributed by atoms with Gasteiger partial charge in [-0.3, -0.25) is 0 Å². The summed E-state index contributed by atoms with van der Waals surface area (Å²) in [5, 5.41) is 0. The molecule has 0 aliphatic carbocycles. The number of hydrogen-bond donors (Lipinski definition) is 0. The van der Waals surface area contributed by atoms with Crippen LogP contribution in [-0.4, -0.2) is 0 Å². The van der Waals surface area contributed by atoms with E-state index in [-0.39, 0.29) is 29.3 Å². The number of rotatable bonds is 5. The number of alkyl halides is 2. The molecular weight excluding hydrogens is 488 g/mol. The van der Waals surface area contributed by atoms with Crippen LogP contribution in [0.25, 0.3) is 11.1 Å². The Labute approximate surface area is 192 Å². The fraction of sp³-hybridized carbons (Fsp3) is 0.250. The molecule has 0 fully saturated rings. The standard InChI is InChI=1S/C24H22F8OS/c1-13-8-14(2)22(15(3)9-13)18-10-16(4)23(17(5)11-18)24(26,27)33-19-6-7-21(20(25)12-19)34(28,29,30,31)32/h6-12H,1-5H3. The molecule has 0 radical (unpaired) electrons. The van der Waals surface area contributed by atoms with Crippen molar-refractivity contribution in [3.63, 3.8) is 0 Å². The first-order valence-electron chi connectivity index (χ1n) is 10.00. The fourth-order valence-corrected chi connectivity index (χ4v) is 5.01. The predicted molar refractivity (Wildman–Crippen MR) is 118 cm³/mol. The molecule has 0 unspecified atom stereocenters. The molecule has 0 saturated carbocycles. The predicted octanol–water partition coefficient (Wildman–Crippen LogP) is 9.82. The molecule has 0 amide bonds. The fourth-order valence-electron chi connectivity index (χ4n) is 4.26. The Morgan fingerprint density at radius 3 is 1.65 bits per heavy atom. The van der Waals surface area contributed by atoms with E-state index >= 15 is 8.78 Å². The lowest BCUT2D eigenvalue weighted by Crippen LogP contribution is -2.24. The van der Waals surface area contributed by atoms with Gasteiger partial charge in [0.15, 0.2) is 0 Å². The molecule has 1 nitrogen and oxygen atoms in total. The Hall–Kier alpha value is -2.75. The third kappa shape index (κ3) is 5.16. The quantitative estimate of drug-likeness (QED) is 0.311. The zero-order chi connectivity index (χ0) is 25.9. The number of hydrogen-bond acceptors (Lipinski definition) is 1. The molecular formula is C24H22F8OS. The molecule has 0 aromatic heterocycles. The van der Waals surface area contributed by atoms with Crippen LogP contribution in [0.1, 0.15) is 33.4 Å². The van der Waals surface area contributed by atoms with Crippen molar-refractivity contribution in [2.45, 2.75) is 45.6 Å². The van der Waals surface area contributed by atoms with Crippen molar-refractivity contribution in [1.82, 2.24) is 0 Å². The maximum Gasteiger partial charge on any atom is 0.427 e. The van der Waals surface area contributed by atoms with Crippen LogP contribution in [0.4, 0.5) is 32.6 Å². The van der Waals surface area contributed by atoms with Gasteiger partial charge in [0.1, 0.15) is 16.5 Å². The summed E-state index contributed by atoms with van der Waals surface area (Å²) in [6.45, 7) is 8.57. The normalized spacial score (nSPS) is 14.5. The minimum absolute atomic E-state index is 0.126. The largest absolute Gasteiger partial charge is 0.429 e. The van der Waals surface area contributed by atoms with Crippen LogP contribution in [0.2, 0.25) is 0 Å². The smallest absolute Gasteiger partial charge is 0.427 e. The second-order valence-electron chi connectivity index (χ2n) is 8.44. The highest BCUT2D eigenvalue weighted by Gasteiger charge is 2.67. The third-order valence-electron chi connectivity index (χ3n) is 5.35. The Morgan fingerprint density at radius 2 is 1.21 bits per heavy atom. The first-order valence-corrected chi connectivity index (χ1v) is 11.9. The number of halogens is 8. The summed E-state index contributed by atoms with van der Waals surface area (Å²) < 4.78 is 113. The van der Waals surface area contributed by atoms with Crippen molar-refractivity contribution in [2.75, 3.05) is 0 Å². The van der Waals surface area contributed by atoms with E-state index in [2.05, 4.69) is 4.74 Å². The van der Waals surface area contributed by atoms with Crippen LogP contribution in [0.5, 0.6) is 5.75 Å². The highest BCUT2D eigenvalue weighted by atomic mass is 32.5. The average Bonchev–Trinajstić information content (AvgIpc) is 2.56. The van der Waals surface area contributed by atoms with Gasteiger partial charge in [-0.1, -0.05) is 49.3 Å². The molecule has 34 heavy (non-hydrogen) atoms. The maximum absolute atomic E-state index is 15.0. The van der Waals surface area contributed by atoms with Gasteiger partial charge in [-0.05, 0) is 80.1 Å². The monoisotopic (exact) mass is 510 g/mol. The highest BCUT2D eigenvalue weighted by molar-refractivity contribution is 8.45. The van der Waals surface area contributed by atoms with Crippen LogP contribution >= 0.6 is 10.2 Å². The molecule has 0 aliphatic heterocycles. The van der Waals surface area contributed by atoms with Crippen molar-refractivity contribution in [3.8, 4) is 16.9 Å². The molecule has 3 aromatic rings. The molecule has 3 aromatic carbocycles. The number of benzene rings is 3. The minimum Gasteiger partial charge on any atom is -0.429 e. The van der Waals surface area contributed by atoms with Gasteiger partial charge >= 0.3 is 16.3 Å². The summed E-state index contributed by atoms with van der Waals surface area (Å²) >= 11 is 0. The zero-order valence-electron chi connectivity index (χ0n) is 18.9.